The highest BCUT2D eigenvalue weighted by Crippen LogP contribution is 2.35. The SMILES string of the molecule is CCOc1ccccc1C(C)C1CC(=O)NC1=O. The van der Waals surface area contributed by atoms with Crippen LogP contribution in [0.1, 0.15) is 31.7 Å². The maximum Gasteiger partial charge on any atom is 0.230 e. The molecule has 1 aliphatic rings. The third-order valence-corrected chi connectivity index (χ3v) is 3.32. The Morgan fingerprint density at radius 2 is 2.11 bits per heavy atom. The average Bonchev–Trinajstić information content (AvgIpc) is 2.69. The minimum Gasteiger partial charge on any atom is -0.494 e. The van der Waals surface area contributed by atoms with Crippen molar-refractivity contribution in [3.63, 3.8) is 0 Å². The second-order valence-corrected chi connectivity index (χ2v) is 4.48. The van der Waals surface area contributed by atoms with Crippen LogP contribution in [0.4, 0.5) is 0 Å². The van der Waals surface area contributed by atoms with Crippen LogP contribution in [-0.2, 0) is 9.59 Å². The van der Waals surface area contributed by atoms with E-state index in [2.05, 4.69) is 5.32 Å². The van der Waals surface area contributed by atoms with Crippen LogP contribution in [0, 0.1) is 5.92 Å². The van der Waals surface area contributed by atoms with E-state index in [1.807, 2.05) is 38.1 Å². The molecule has 0 saturated carbocycles. The van der Waals surface area contributed by atoms with Gasteiger partial charge in [0.25, 0.3) is 0 Å². The van der Waals surface area contributed by atoms with Gasteiger partial charge in [0.2, 0.25) is 11.8 Å². The van der Waals surface area contributed by atoms with Gasteiger partial charge in [-0.1, -0.05) is 25.1 Å². The van der Waals surface area contributed by atoms with Crippen LogP contribution in [0.15, 0.2) is 24.3 Å². The number of rotatable bonds is 4. The molecule has 1 aromatic carbocycles. The van der Waals surface area contributed by atoms with Gasteiger partial charge in [-0.2, -0.15) is 0 Å². The van der Waals surface area contributed by atoms with Crippen LogP contribution in [-0.4, -0.2) is 18.4 Å². The molecule has 0 aromatic heterocycles. The number of carbonyl (C=O) groups is 2. The maximum atomic E-state index is 11.7. The highest BCUT2D eigenvalue weighted by molar-refractivity contribution is 6.03. The zero-order chi connectivity index (χ0) is 13.1. The second kappa shape index (κ2) is 5.21. The first-order valence-corrected chi connectivity index (χ1v) is 6.19. The van der Waals surface area contributed by atoms with Crippen molar-refractivity contribution in [2.75, 3.05) is 6.61 Å². The van der Waals surface area contributed by atoms with Crippen LogP contribution in [0.5, 0.6) is 5.75 Å². The first-order chi connectivity index (χ1) is 8.63. The van der Waals surface area contributed by atoms with Crippen molar-refractivity contribution in [3.05, 3.63) is 29.8 Å². The monoisotopic (exact) mass is 247 g/mol. The molecule has 2 rings (SSSR count). The van der Waals surface area contributed by atoms with Crippen molar-refractivity contribution in [2.45, 2.75) is 26.2 Å². The Labute approximate surface area is 106 Å². The van der Waals surface area contributed by atoms with Crippen molar-refractivity contribution >= 4 is 11.8 Å². The lowest BCUT2D eigenvalue weighted by Crippen LogP contribution is -2.24. The molecule has 1 N–H and O–H groups in total. The first kappa shape index (κ1) is 12.6. The molecule has 1 aromatic rings. The van der Waals surface area contributed by atoms with Gasteiger partial charge in [0, 0.05) is 6.42 Å². The van der Waals surface area contributed by atoms with Gasteiger partial charge < -0.3 is 4.74 Å². The molecular weight excluding hydrogens is 230 g/mol. The molecule has 1 heterocycles. The fourth-order valence-corrected chi connectivity index (χ4v) is 2.34. The lowest BCUT2D eigenvalue weighted by atomic mass is 9.86. The standard InChI is InChI=1S/C14H17NO3/c1-3-18-12-7-5-4-6-10(12)9(2)11-8-13(16)15-14(11)17/h4-7,9,11H,3,8H2,1-2H3,(H,15,16,17). The van der Waals surface area contributed by atoms with Gasteiger partial charge in [0.05, 0.1) is 12.5 Å². The Hall–Kier alpha value is -1.84. The van der Waals surface area contributed by atoms with Crippen molar-refractivity contribution in [1.82, 2.24) is 5.32 Å². The average molecular weight is 247 g/mol. The summed E-state index contributed by atoms with van der Waals surface area (Å²) in [5.41, 5.74) is 0.981. The minimum absolute atomic E-state index is 0.0285. The summed E-state index contributed by atoms with van der Waals surface area (Å²) in [6, 6.07) is 7.67. The van der Waals surface area contributed by atoms with Gasteiger partial charge in [-0.25, -0.2) is 0 Å². The summed E-state index contributed by atoms with van der Waals surface area (Å²) >= 11 is 0. The smallest absolute Gasteiger partial charge is 0.230 e. The lowest BCUT2D eigenvalue weighted by Gasteiger charge is -2.19. The van der Waals surface area contributed by atoms with E-state index in [-0.39, 0.29) is 30.1 Å². The van der Waals surface area contributed by atoms with E-state index in [4.69, 9.17) is 4.74 Å². The van der Waals surface area contributed by atoms with Crippen LogP contribution < -0.4 is 10.1 Å². The topological polar surface area (TPSA) is 55.4 Å². The summed E-state index contributed by atoms with van der Waals surface area (Å²) in [5.74, 6) is 0.0995. The van der Waals surface area contributed by atoms with E-state index >= 15 is 0 Å². The number of imide groups is 1. The number of hydrogen-bond acceptors (Lipinski definition) is 3. The number of carbonyl (C=O) groups excluding carboxylic acids is 2. The van der Waals surface area contributed by atoms with Crippen LogP contribution in [0.25, 0.3) is 0 Å². The largest absolute Gasteiger partial charge is 0.494 e. The van der Waals surface area contributed by atoms with E-state index in [9.17, 15) is 9.59 Å². The molecular formula is C14H17NO3. The molecule has 96 valence electrons. The van der Waals surface area contributed by atoms with E-state index < -0.39 is 0 Å². The van der Waals surface area contributed by atoms with Gasteiger partial charge in [0.15, 0.2) is 0 Å². The number of para-hydroxylation sites is 1. The predicted octanol–water partition coefficient (Wildman–Crippen LogP) is 1.85. The van der Waals surface area contributed by atoms with E-state index in [1.165, 1.54) is 0 Å². The van der Waals surface area contributed by atoms with Crippen LogP contribution >= 0.6 is 0 Å². The normalized spacial score (nSPS) is 20.7. The Kier molecular flexibility index (Phi) is 3.65. The number of ether oxygens (including phenoxy) is 1. The Balaban J connectivity index is 2.25. The van der Waals surface area contributed by atoms with Crippen LogP contribution in [0.2, 0.25) is 0 Å². The molecule has 0 spiro atoms. The maximum absolute atomic E-state index is 11.7. The Morgan fingerprint density at radius 1 is 1.39 bits per heavy atom. The first-order valence-electron chi connectivity index (χ1n) is 6.19. The lowest BCUT2D eigenvalue weighted by molar-refractivity contribution is -0.126. The Morgan fingerprint density at radius 3 is 2.72 bits per heavy atom. The zero-order valence-electron chi connectivity index (χ0n) is 10.6. The van der Waals surface area contributed by atoms with Gasteiger partial charge in [-0.05, 0) is 24.5 Å². The summed E-state index contributed by atoms with van der Waals surface area (Å²) in [4.78, 5) is 22.9. The second-order valence-electron chi connectivity index (χ2n) is 4.48. The molecule has 2 atom stereocenters. The molecule has 4 nitrogen and oxygen atoms in total. The summed E-state index contributed by atoms with van der Waals surface area (Å²) in [7, 11) is 0. The number of hydrogen-bond donors (Lipinski definition) is 1. The van der Waals surface area contributed by atoms with Gasteiger partial charge >= 0.3 is 0 Å². The molecule has 1 aliphatic heterocycles. The third kappa shape index (κ3) is 2.37. The predicted molar refractivity (Wildman–Crippen MR) is 67.3 cm³/mol. The summed E-state index contributed by atoms with van der Waals surface area (Å²) in [5, 5.41) is 2.35. The van der Waals surface area contributed by atoms with E-state index in [1.54, 1.807) is 0 Å². The molecule has 1 saturated heterocycles. The Bertz CT molecular complexity index is 470. The minimum atomic E-state index is -0.292. The number of nitrogens with one attached hydrogen (secondary N) is 1. The van der Waals surface area contributed by atoms with Gasteiger partial charge in [-0.3, -0.25) is 14.9 Å². The van der Waals surface area contributed by atoms with E-state index in [0.717, 1.165) is 11.3 Å². The molecule has 1 fully saturated rings. The molecule has 0 aliphatic carbocycles. The van der Waals surface area contributed by atoms with E-state index in [0.29, 0.717) is 6.61 Å². The quantitative estimate of drug-likeness (QED) is 0.826. The number of amides is 2. The summed E-state index contributed by atoms with van der Waals surface area (Å²) in [6.07, 6.45) is 0.264. The molecule has 4 heteroatoms. The molecule has 2 amide bonds. The third-order valence-electron chi connectivity index (χ3n) is 3.32. The van der Waals surface area contributed by atoms with Gasteiger partial charge in [0.1, 0.15) is 5.75 Å². The zero-order valence-corrected chi connectivity index (χ0v) is 10.6. The van der Waals surface area contributed by atoms with Crippen molar-refractivity contribution in [3.8, 4) is 5.75 Å². The van der Waals surface area contributed by atoms with Crippen molar-refractivity contribution < 1.29 is 14.3 Å². The van der Waals surface area contributed by atoms with Crippen molar-refractivity contribution in [2.24, 2.45) is 5.92 Å². The fraction of sp³-hybridized carbons (Fsp3) is 0.429. The van der Waals surface area contributed by atoms with Crippen molar-refractivity contribution in [1.29, 1.82) is 0 Å². The molecule has 18 heavy (non-hydrogen) atoms. The highest BCUT2D eigenvalue weighted by atomic mass is 16.5. The molecule has 0 radical (unpaired) electrons. The number of benzene rings is 1. The fourth-order valence-electron chi connectivity index (χ4n) is 2.34. The highest BCUT2D eigenvalue weighted by Gasteiger charge is 2.36. The molecule has 0 bridgehead atoms. The summed E-state index contributed by atoms with van der Waals surface area (Å²) in [6.45, 7) is 4.47. The van der Waals surface area contributed by atoms with Crippen LogP contribution in [0.3, 0.4) is 0 Å². The molecule has 2 unspecified atom stereocenters. The van der Waals surface area contributed by atoms with Gasteiger partial charge in [-0.15, -0.1) is 0 Å². The summed E-state index contributed by atoms with van der Waals surface area (Å²) < 4.78 is 5.56.